The molecule has 0 radical (unpaired) electrons. The van der Waals surface area contributed by atoms with Crippen molar-refractivity contribution in [2.24, 2.45) is 0 Å². The quantitative estimate of drug-likeness (QED) is 0.584. The fourth-order valence-corrected chi connectivity index (χ4v) is 6.06. The van der Waals surface area contributed by atoms with Crippen molar-refractivity contribution in [3.8, 4) is 5.00 Å². The van der Waals surface area contributed by atoms with Gasteiger partial charge in [0.15, 0.2) is 0 Å². The van der Waals surface area contributed by atoms with Crippen molar-refractivity contribution in [3.63, 3.8) is 0 Å². The fraction of sp³-hybridized carbons (Fsp3) is 0.480. The zero-order valence-corrected chi connectivity index (χ0v) is 20.0. The predicted molar refractivity (Wildman–Crippen MR) is 129 cm³/mol. The Hall–Kier alpha value is -2.67. The molecule has 1 aliphatic carbocycles. The summed E-state index contributed by atoms with van der Waals surface area (Å²) in [6.45, 7) is 9.30. The van der Waals surface area contributed by atoms with Crippen LogP contribution in [0, 0.1) is 6.92 Å². The molecule has 1 aliphatic heterocycles. The molecular formula is C25H31N5OS. The van der Waals surface area contributed by atoms with E-state index in [1.807, 2.05) is 24.0 Å². The van der Waals surface area contributed by atoms with Crippen LogP contribution in [-0.2, 0) is 12.8 Å². The molecule has 2 aliphatic rings. The van der Waals surface area contributed by atoms with Crippen molar-refractivity contribution < 1.29 is 4.79 Å². The van der Waals surface area contributed by atoms with E-state index in [-0.39, 0.29) is 5.91 Å². The van der Waals surface area contributed by atoms with Gasteiger partial charge in [0.25, 0.3) is 5.91 Å². The Morgan fingerprint density at radius 2 is 1.75 bits per heavy atom. The van der Waals surface area contributed by atoms with Crippen LogP contribution in [0.5, 0.6) is 0 Å². The lowest BCUT2D eigenvalue weighted by Crippen LogP contribution is -2.49. The maximum Gasteiger partial charge on any atom is 0.257 e. The number of hydrogen-bond donors (Lipinski definition) is 0. The zero-order valence-electron chi connectivity index (χ0n) is 19.2. The van der Waals surface area contributed by atoms with E-state index in [0.29, 0.717) is 19.0 Å². The highest BCUT2D eigenvalue weighted by molar-refractivity contribution is 7.15. The summed E-state index contributed by atoms with van der Waals surface area (Å²) in [7, 11) is 0. The third-order valence-corrected chi connectivity index (χ3v) is 7.78. The van der Waals surface area contributed by atoms with Crippen LogP contribution in [0.2, 0.25) is 0 Å². The number of anilines is 1. The number of nitrogens with zero attached hydrogens (tertiary/aromatic N) is 5. The Kier molecular flexibility index (Phi) is 5.76. The second kappa shape index (κ2) is 8.70. The fourth-order valence-electron chi connectivity index (χ4n) is 4.72. The van der Waals surface area contributed by atoms with E-state index in [9.17, 15) is 4.79 Å². The monoisotopic (exact) mass is 449 g/mol. The maximum atomic E-state index is 13.8. The van der Waals surface area contributed by atoms with Crippen molar-refractivity contribution in [1.82, 2.24) is 19.4 Å². The first kappa shape index (κ1) is 21.2. The first-order valence-electron chi connectivity index (χ1n) is 11.7. The van der Waals surface area contributed by atoms with Gasteiger partial charge in [0.1, 0.15) is 16.6 Å². The number of amides is 1. The molecule has 0 unspecified atom stereocenters. The summed E-state index contributed by atoms with van der Waals surface area (Å²) in [4.78, 5) is 28.9. The van der Waals surface area contributed by atoms with Gasteiger partial charge in [0.2, 0.25) is 0 Å². The average molecular weight is 450 g/mol. The molecule has 6 nitrogen and oxygen atoms in total. The SMILES string of the molecule is Cc1cc(N2CCN(C(=O)c3c(-n4cccc4)sc4c3CCCC4)CC2)nc(C(C)C)n1. The van der Waals surface area contributed by atoms with Crippen LogP contribution in [0.15, 0.2) is 30.6 Å². The highest BCUT2D eigenvalue weighted by Crippen LogP contribution is 2.37. The molecule has 1 saturated heterocycles. The molecule has 3 aromatic heterocycles. The molecule has 7 heteroatoms. The second-order valence-electron chi connectivity index (χ2n) is 9.14. The Bertz CT molecular complexity index is 1110. The van der Waals surface area contributed by atoms with Crippen molar-refractivity contribution in [3.05, 3.63) is 58.1 Å². The Balaban J connectivity index is 1.37. The highest BCUT2D eigenvalue weighted by Gasteiger charge is 2.31. The summed E-state index contributed by atoms with van der Waals surface area (Å²) in [5.74, 6) is 2.36. The van der Waals surface area contributed by atoms with Crippen molar-refractivity contribution >= 4 is 23.1 Å². The van der Waals surface area contributed by atoms with Crippen LogP contribution in [0.1, 0.15) is 64.9 Å². The van der Waals surface area contributed by atoms with Gasteiger partial charge < -0.3 is 14.4 Å². The highest BCUT2D eigenvalue weighted by atomic mass is 32.1. The number of carbonyl (C=O) groups is 1. The van der Waals surface area contributed by atoms with Crippen molar-refractivity contribution in [2.75, 3.05) is 31.1 Å². The molecule has 168 valence electrons. The van der Waals surface area contributed by atoms with Gasteiger partial charge in [0.05, 0.1) is 5.56 Å². The zero-order chi connectivity index (χ0) is 22.2. The number of carbonyl (C=O) groups excluding carboxylic acids is 1. The largest absolute Gasteiger partial charge is 0.353 e. The van der Waals surface area contributed by atoms with Crippen LogP contribution in [-0.4, -0.2) is 51.5 Å². The smallest absolute Gasteiger partial charge is 0.257 e. The van der Waals surface area contributed by atoms with Gasteiger partial charge in [-0.05, 0) is 50.3 Å². The second-order valence-corrected chi connectivity index (χ2v) is 10.2. The molecule has 0 aromatic carbocycles. The van der Waals surface area contributed by atoms with Gasteiger partial charge in [-0.3, -0.25) is 4.79 Å². The Morgan fingerprint density at radius 3 is 2.47 bits per heavy atom. The first-order valence-corrected chi connectivity index (χ1v) is 12.5. The molecule has 0 atom stereocenters. The molecule has 0 spiro atoms. The normalized spacial score (nSPS) is 16.5. The summed E-state index contributed by atoms with van der Waals surface area (Å²) in [5, 5.41) is 1.09. The number of fused-ring (bicyclic) bond motifs is 1. The number of aryl methyl sites for hydroxylation is 2. The van der Waals surface area contributed by atoms with Crippen LogP contribution < -0.4 is 4.90 Å². The minimum Gasteiger partial charge on any atom is -0.353 e. The van der Waals surface area contributed by atoms with Gasteiger partial charge in [0, 0.05) is 61.1 Å². The minimum absolute atomic E-state index is 0.189. The van der Waals surface area contributed by atoms with Crippen LogP contribution in [0.4, 0.5) is 5.82 Å². The third kappa shape index (κ3) is 3.94. The van der Waals surface area contributed by atoms with Crippen LogP contribution >= 0.6 is 11.3 Å². The minimum atomic E-state index is 0.189. The predicted octanol–water partition coefficient (Wildman–Crippen LogP) is 4.60. The maximum absolute atomic E-state index is 13.8. The van der Waals surface area contributed by atoms with E-state index in [4.69, 9.17) is 4.98 Å². The van der Waals surface area contributed by atoms with Crippen molar-refractivity contribution in [2.45, 2.75) is 52.4 Å². The number of aromatic nitrogens is 3. The summed E-state index contributed by atoms with van der Waals surface area (Å²) >= 11 is 1.80. The lowest BCUT2D eigenvalue weighted by molar-refractivity contribution is 0.0745. The number of thiophene rings is 1. The number of piperazine rings is 1. The molecule has 1 amide bonds. The Labute approximate surface area is 193 Å². The summed E-state index contributed by atoms with van der Waals surface area (Å²) < 4.78 is 2.11. The van der Waals surface area contributed by atoms with E-state index in [2.05, 4.69) is 46.8 Å². The van der Waals surface area contributed by atoms with E-state index < -0.39 is 0 Å². The van der Waals surface area contributed by atoms with Gasteiger partial charge >= 0.3 is 0 Å². The molecule has 4 heterocycles. The van der Waals surface area contributed by atoms with E-state index in [1.54, 1.807) is 11.3 Å². The molecule has 0 N–H and O–H groups in total. The third-order valence-electron chi connectivity index (χ3n) is 6.47. The van der Waals surface area contributed by atoms with Crippen LogP contribution in [0.3, 0.4) is 0 Å². The summed E-state index contributed by atoms with van der Waals surface area (Å²) in [5.41, 5.74) is 3.23. The molecule has 32 heavy (non-hydrogen) atoms. The standard InChI is InChI=1S/C25H31N5OS/c1-17(2)23-26-18(3)16-21(27-23)28-12-14-29(15-13-28)24(31)22-19-8-4-5-9-20(19)32-25(22)30-10-6-7-11-30/h6-7,10-11,16-17H,4-5,8-9,12-15H2,1-3H3. The molecule has 0 bridgehead atoms. The lowest BCUT2D eigenvalue weighted by atomic mass is 9.95. The Morgan fingerprint density at radius 1 is 1.03 bits per heavy atom. The molecule has 5 rings (SSSR count). The number of rotatable bonds is 4. The molecule has 1 fully saturated rings. The van der Waals surface area contributed by atoms with E-state index in [0.717, 1.165) is 53.8 Å². The van der Waals surface area contributed by atoms with E-state index >= 15 is 0 Å². The lowest BCUT2D eigenvalue weighted by Gasteiger charge is -2.36. The molecule has 3 aromatic rings. The molecule has 0 saturated carbocycles. The van der Waals surface area contributed by atoms with E-state index in [1.165, 1.54) is 23.3 Å². The van der Waals surface area contributed by atoms with Gasteiger partial charge in [-0.2, -0.15) is 0 Å². The first-order chi connectivity index (χ1) is 15.5. The average Bonchev–Trinajstić information content (AvgIpc) is 3.46. The van der Waals surface area contributed by atoms with Crippen LogP contribution in [0.25, 0.3) is 5.00 Å². The summed E-state index contributed by atoms with van der Waals surface area (Å²) in [6, 6.07) is 6.12. The van der Waals surface area contributed by atoms with Gasteiger partial charge in [-0.15, -0.1) is 11.3 Å². The molecular weight excluding hydrogens is 418 g/mol. The summed E-state index contributed by atoms with van der Waals surface area (Å²) in [6.07, 6.45) is 8.62. The van der Waals surface area contributed by atoms with Gasteiger partial charge in [-0.25, -0.2) is 9.97 Å². The van der Waals surface area contributed by atoms with Crippen molar-refractivity contribution in [1.29, 1.82) is 0 Å². The van der Waals surface area contributed by atoms with Gasteiger partial charge in [-0.1, -0.05) is 13.8 Å². The topological polar surface area (TPSA) is 54.3 Å². The number of hydrogen-bond acceptors (Lipinski definition) is 5.